The van der Waals surface area contributed by atoms with Gasteiger partial charge in [0, 0.05) is 18.9 Å². The molecule has 1 aliphatic carbocycles. The number of imidazole rings is 1. The zero-order chi connectivity index (χ0) is 19.3. The molecule has 2 N–H and O–H groups in total. The van der Waals surface area contributed by atoms with Gasteiger partial charge in [-0.3, -0.25) is 9.30 Å². The number of rotatable bonds is 3. The van der Waals surface area contributed by atoms with Crippen molar-refractivity contribution in [1.82, 2.24) is 19.3 Å². The van der Waals surface area contributed by atoms with Gasteiger partial charge in [-0.25, -0.2) is 14.8 Å². The molecule has 1 saturated carbocycles. The lowest BCUT2D eigenvalue weighted by Gasteiger charge is -2.23. The lowest BCUT2D eigenvalue weighted by atomic mass is 10.0. The maximum atomic E-state index is 13.0. The van der Waals surface area contributed by atoms with E-state index in [1.165, 1.54) is 0 Å². The minimum atomic E-state index is -0.286. The maximum absolute atomic E-state index is 13.0. The van der Waals surface area contributed by atoms with Crippen LogP contribution in [0.4, 0.5) is 10.6 Å². The van der Waals surface area contributed by atoms with Crippen molar-refractivity contribution in [2.75, 3.05) is 12.3 Å². The molecule has 1 aliphatic heterocycles. The average Bonchev–Trinajstić information content (AvgIpc) is 3.21. The van der Waals surface area contributed by atoms with E-state index in [0.717, 1.165) is 46.4 Å². The van der Waals surface area contributed by atoms with E-state index in [0.29, 0.717) is 5.82 Å². The summed E-state index contributed by atoms with van der Waals surface area (Å²) >= 11 is 2.18. The fourth-order valence-electron chi connectivity index (χ4n) is 4.10. The van der Waals surface area contributed by atoms with Crippen LogP contribution in [0.3, 0.4) is 0 Å². The maximum Gasteiger partial charge on any atom is 0.410 e. The van der Waals surface area contributed by atoms with Crippen LogP contribution in [0.25, 0.3) is 5.52 Å². The molecule has 2 fully saturated rings. The number of hydrogen-bond acceptors (Lipinski definition) is 5. The second-order valence-electron chi connectivity index (χ2n) is 7.68. The SMILES string of the molecule is Nc1nccn2c([C@@H]3CC4(CC4)CN3C(=O)OCc3ccccc3)nc(I)c12. The van der Waals surface area contributed by atoms with Crippen LogP contribution in [0.1, 0.15) is 36.7 Å². The van der Waals surface area contributed by atoms with Crippen LogP contribution in [0, 0.1) is 9.12 Å². The predicted octanol–water partition coefficient (Wildman–Crippen LogP) is 3.78. The number of carbonyl (C=O) groups is 1. The van der Waals surface area contributed by atoms with Gasteiger partial charge in [-0.1, -0.05) is 30.3 Å². The van der Waals surface area contributed by atoms with Crippen molar-refractivity contribution in [3.05, 3.63) is 57.8 Å². The van der Waals surface area contributed by atoms with Crippen molar-refractivity contribution in [3.63, 3.8) is 0 Å². The van der Waals surface area contributed by atoms with E-state index in [4.69, 9.17) is 15.5 Å². The molecule has 28 heavy (non-hydrogen) atoms. The summed E-state index contributed by atoms with van der Waals surface area (Å²) in [7, 11) is 0. The first-order valence-electron chi connectivity index (χ1n) is 9.32. The van der Waals surface area contributed by atoms with Gasteiger partial charge in [-0.2, -0.15) is 0 Å². The van der Waals surface area contributed by atoms with Gasteiger partial charge in [0.2, 0.25) is 0 Å². The molecule has 8 heteroatoms. The van der Waals surface area contributed by atoms with Gasteiger partial charge in [0.25, 0.3) is 0 Å². The van der Waals surface area contributed by atoms with E-state index in [2.05, 4.69) is 27.6 Å². The summed E-state index contributed by atoms with van der Waals surface area (Å²) < 4.78 is 8.40. The topological polar surface area (TPSA) is 85.8 Å². The molecule has 2 aliphatic rings. The Balaban J connectivity index is 1.45. The van der Waals surface area contributed by atoms with Crippen molar-refractivity contribution >= 4 is 40.0 Å². The first-order chi connectivity index (χ1) is 13.6. The smallest absolute Gasteiger partial charge is 0.410 e. The molecule has 1 spiro atoms. The number of nitrogens with zero attached hydrogens (tertiary/aromatic N) is 4. The number of benzene rings is 1. The van der Waals surface area contributed by atoms with Gasteiger partial charge in [0.05, 0.1) is 6.04 Å². The fourth-order valence-corrected chi connectivity index (χ4v) is 4.88. The van der Waals surface area contributed by atoms with Crippen molar-refractivity contribution in [2.45, 2.75) is 31.9 Å². The lowest BCUT2D eigenvalue weighted by molar-refractivity contribution is 0.0897. The highest BCUT2D eigenvalue weighted by atomic mass is 127. The average molecular weight is 489 g/mol. The van der Waals surface area contributed by atoms with Crippen molar-refractivity contribution in [1.29, 1.82) is 0 Å². The number of fused-ring (bicyclic) bond motifs is 1. The van der Waals surface area contributed by atoms with Crippen LogP contribution in [-0.2, 0) is 11.3 Å². The van der Waals surface area contributed by atoms with Crippen LogP contribution in [0.2, 0.25) is 0 Å². The molecular formula is C20H20IN5O2. The number of amides is 1. The number of nitrogens with two attached hydrogens (primary N) is 1. The van der Waals surface area contributed by atoms with Crippen molar-refractivity contribution in [3.8, 4) is 0 Å². The third-order valence-corrected chi connectivity index (χ3v) is 6.52. The van der Waals surface area contributed by atoms with Gasteiger partial charge < -0.3 is 10.5 Å². The Kier molecular flexibility index (Phi) is 4.18. The summed E-state index contributed by atoms with van der Waals surface area (Å²) in [6, 6.07) is 9.62. The van der Waals surface area contributed by atoms with E-state index >= 15 is 0 Å². The second kappa shape index (κ2) is 6.61. The second-order valence-corrected chi connectivity index (χ2v) is 8.70. The standard InChI is InChI=1S/C20H20IN5O2/c21-16-15-17(22)23-8-9-25(15)18(24-16)14-10-20(6-7-20)12-26(14)19(27)28-11-13-4-2-1-3-5-13/h1-5,8-9,14H,6-7,10-12H2,(H2,22,23)/t14-/m0/s1. The number of likely N-dealkylation sites (tertiary alicyclic amines) is 1. The molecule has 5 rings (SSSR count). The van der Waals surface area contributed by atoms with Crippen LogP contribution in [0.15, 0.2) is 42.7 Å². The third-order valence-electron chi connectivity index (χ3n) is 5.77. The highest BCUT2D eigenvalue weighted by molar-refractivity contribution is 14.1. The monoisotopic (exact) mass is 489 g/mol. The highest BCUT2D eigenvalue weighted by Crippen LogP contribution is 2.58. The zero-order valence-corrected chi connectivity index (χ0v) is 17.4. The Morgan fingerprint density at radius 1 is 1.32 bits per heavy atom. The number of anilines is 1. The van der Waals surface area contributed by atoms with Crippen LogP contribution >= 0.6 is 22.6 Å². The summed E-state index contributed by atoms with van der Waals surface area (Å²) in [4.78, 5) is 23.7. The molecule has 3 aromatic rings. The Bertz CT molecular complexity index is 1050. The van der Waals surface area contributed by atoms with Gasteiger partial charge in [0.15, 0.2) is 5.82 Å². The molecule has 1 amide bonds. The summed E-state index contributed by atoms with van der Waals surface area (Å²) in [5.41, 5.74) is 8.05. The minimum absolute atomic E-state index is 0.122. The minimum Gasteiger partial charge on any atom is -0.445 e. The van der Waals surface area contributed by atoms with E-state index in [1.54, 1.807) is 6.20 Å². The Morgan fingerprint density at radius 2 is 2.11 bits per heavy atom. The van der Waals surface area contributed by atoms with Crippen molar-refractivity contribution in [2.24, 2.45) is 5.41 Å². The summed E-state index contributed by atoms with van der Waals surface area (Å²) in [6.07, 6.45) is 6.45. The van der Waals surface area contributed by atoms with Crippen LogP contribution < -0.4 is 5.73 Å². The summed E-state index contributed by atoms with van der Waals surface area (Å²) in [5.74, 6) is 1.27. The number of halogens is 1. The summed E-state index contributed by atoms with van der Waals surface area (Å²) in [5, 5.41) is 0. The number of carbonyl (C=O) groups excluding carboxylic acids is 1. The normalized spacial score (nSPS) is 20.0. The van der Waals surface area contributed by atoms with E-state index in [-0.39, 0.29) is 24.2 Å². The van der Waals surface area contributed by atoms with Crippen LogP contribution in [-0.4, -0.2) is 31.9 Å². The first kappa shape index (κ1) is 17.7. The Hall–Kier alpha value is -2.36. The van der Waals surface area contributed by atoms with Crippen LogP contribution in [0.5, 0.6) is 0 Å². The third kappa shape index (κ3) is 2.99. The molecule has 0 unspecified atom stereocenters. The number of ether oxygens (including phenoxy) is 1. The van der Waals surface area contributed by atoms with E-state index in [9.17, 15) is 4.79 Å². The Labute approximate surface area is 176 Å². The molecule has 1 atom stereocenters. The number of nitrogen functional groups attached to an aromatic ring is 1. The Morgan fingerprint density at radius 3 is 2.86 bits per heavy atom. The van der Waals surface area contributed by atoms with Crippen molar-refractivity contribution < 1.29 is 9.53 Å². The molecule has 3 heterocycles. The molecular weight excluding hydrogens is 469 g/mol. The fraction of sp³-hybridized carbons (Fsp3) is 0.350. The highest BCUT2D eigenvalue weighted by Gasteiger charge is 2.55. The molecule has 0 bridgehead atoms. The molecule has 7 nitrogen and oxygen atoms in total. The zero-order valence-electron chi connectivity index (χ0n) is 15.2. The van der Waals surface area contributed by atoms with Gasteiger partial charge in [0.1, 0.15) is 21.6 Å². The van der Waals surface area contributed by atoms with Gasteiger partial charge in [-0.15, -0.1) is 0 Å². The molecule has 0 radical (unpaired) electrons. The molecule has 2 aromatic heterocycles. The quantitative estimate of drug-likeness (QED) is 0.567. The van der Waals surface area contributed by atoms with E-state index in [1.807, 2.05) is 45.8 Å². The molecule has 144 valence electrons. The van der Waals surface area contributed by atoms with E-state index < -0.39 is 0 Å². The summed E-state index contributed by atoms with van der Waals surface area (Å²) in [6.45, 7) is 0.990. The largest absolute Gasteiger partial charge is 0.445 e. The first-order valence-corrected chi connectivity index (χ1v) is 10.4. The number of aromatic nitrogens is 3. The predicted molar refractivity (Wildman–Crippen MR) is 112 cm³/mol. The molecule has 1 aromatic carbocycles. The number of hydrogen-bond donors (Lipinski definition) is 1. The van der Waals surface area contributed by atoms with Gasteiger partial charge in [-0.05, 0) is 52.8 Å². The van der Waals surface area contributed by atoms with Gasteiger partial charge >= 0.3 is 6.09 Å². The molecule has 1 saturated heterocycles. The lowest BCUT2D eigenvalue weighted by Crippen LogP contribution is -2.32.